The molecule has 0 radical (unpaired) electrons. The standard InChI is InChI=1S/C20H19F2N7O/c21-13-1-2-16(15(22)9-13)29-4-3-14-17(12-10-24-19(23)25-11-12)26-20(27-18(14)29)28-5-7-30-8-6-28/h1-2,9-11H,3-8H2,(H2,23,24,25). The summed E-state index contributed by atoms with van der Waals surface area (Å²) in [6.45, 7) is 2.97. The summed E-state index contributed by atoms with van der Waals surface area (Å²) in [6.07, 6.45) is 3.85. The first-order chi connectivity index (χ1) is 14.6. The fraction of sp³-hybridized carbons (Fsp3) is 0.300. The molecular weight excluding hydrogens is 392 g/mol. The van der Waals surface area contributed by atoms with E-state index < -0.39 is 11.6 Å². The lowest BCUT2D eigenvalue weighted by Crippen LogP contribution is -2.37. The Morgan fingerprint density at radius 1 is 1.00 bits per heavy atom. The number of fused-ring (bicyclic) bond motifs is 1. The lowest BCUT2D eigenvalue weighted by molar-refractivity contribution is 0.122. The highest BCUT2D eigenvalue weighted by Crippen LogP contribution is 2.40. The van der Waals surface area contributed by atoms with Crippen molar-refractivity contribution in [1.82, 2.24) is 19.9 Å². The summed E-state index contributed by atoms with van der Waals surface area (Å²) in [7, 11) is 0. The molecular formula is C20H19F2N7O. The molecule has 0 amide bonds. The van der Waals surface area contributed by atoms with Crippen molar-refractivity contribution >= 4 is 23.4 Å². The van der Waals surface area contributed by atoms with Crippen molar-refractivity contribution in [3.05, 3.63) is 47.8 Å². The molecule has 1 fully saturated rings. The average molecular weight is 411 g/mol. The molecule has 0 atom stereocenters. The van der Waals surface area contributed by atoms with Crippen molar-refractivity contribution < 1.29 is 13.5 Å². The Hall–Kier alpha value is -3.40. The summed E-state index contributed by atoms with van der Waals surface area (Å²) < 4.78 is 33.4. The van der Waals surface area contributed by atoms with Gasteiger partial charge in [0.05, 0.1) is 24.6 Å². The van der Waals surface area contributed by atoms with Crippen LogP contribution in [0.15, 0.2) is 30.6 Å². The number of anilines is 4. The van der Waals surface area contributed by atoms with E-state index in [9.17, 15) is 8.78 Å². The highest BCUT2D eigenvalue weighted by atomic mass is 19.1. The molecule has 30 heavy (non-hydrogen) atoms. The van der Waals surface area contributed by atoms with E-state index in [1.807, 2.05) is 4.90 Å². The van der Waals surface area contributed by atoms with Crippen LogP contribution in [0.4, 0.5) is 32.2 Å². The molecule has 0 unspecified atom stereocenters. The topological polar surface area (TPSA) is 93.3 Å². The number of nitrogen functional groups attached to an aromatic ring is 1. The summed E-state index contributed by atoms with van der Waals surface area (Å²) in [5, 5.41) is 0. The molecule has 10 heteroatoms. The van der Waals surface area contributed by atoms with E-state index in [1.54, 1.807) is 17.3 Å². The van der Waals surface area contributed by atoms with Crippen molar-refractivity contribution in [3.8, 4) is 11.3 Å². The predicted molar refractivity (Wildman–Crippen MR) is 108 cm³/mol. The van der Waals surface area contributed by atoms with Gasteiger partial charge in [-0.1, -0.05) is 0 Å². The molecule has 2 N–H and O–H groups in total. The van der Waals surface area contributed by atoms with Gasteiger partial charge < -0.3 is 20.3 Å². The van der Waals surface area contributed by atoms with E-state index in [4.69, 9.17) is 20.4 Å². The monoisotopic (exact) mass is 411 g/mol. The number of morpholine rings is 1. The molecule has 154 valence electrons. The molecule has 0 saturated carbocycles. The van der Waals surface area contributed by atoms with E-state index >= 15 is 0 Å². The van der Waals surface area contributed by atoms with E-state index in [2.05, 4.69) is 9.97 Å². The van der Waals surface area contributed by atoms with Gasteiger partial charge in [0.15, 0.2) is 0 Å². The maximum Gasteiger partial charge on any atom is 0.228 e. The van der Waals surface area contributed by atoms with Crippen molar-refractivity contribution in [3.63, 3.8) is 0 Å². The van der Waals surface area contributed by atoms with Crippen molar-refractivity contribution in [2.45, 2.75) is 6.42 Å². The summed E-state index contributed by atoms with van der Waals surface area (Å²) >= 11 is 0. The van der Waals surface area contributed by atoms with E-state index in [1.165, 1.54) is 12.1 Å². The molecule has 1 saturated heterocycles. The second-order valence-electron chi connectivity index (χ2n) is 7.10. The van der Waals surface area contributed by atoms with Crippen LogP contribution in [0.1, 0.15) is 5.56 Å². The first-order valence-corrected chi connectivity index (χ1v) is 9.64. The van der Waals surface area contributed by atoms with Gasteiger partial charge in [-0.05, 0) is 18.6 Å². The molecule has 1 aromatic carbocycles. The maximum absolute atomic E-state index is 14.5. The molecule has 4 heterocycles. The van der Waals surface area contributed by atoms with Gasteiger partial charge in [-0.25, -0.2) is 23.7 Å². The Balaban J connectivity index is 1.65. The van der Waals surface area contributed by atoms with Crippen LogP contribution in [0.25, 0.3) is 11.3 Å². The second kappa shape index (κ2) is 7.45. The number of halogens is 2. The van der Waals surface area contributed by atoms with Crippen LogP contribution < -0.4 is 15.5 Å². The fourth-order valence-electron chi connectivity index (χ4n) is 3.78. The molecule has 0 aliphatic carbocycles. The number of hydrogen-bond acceptors (Lipinski definition) is 8. The van der Waals surface area contributed by atoms with E-state index in [0.717, 1.165) is 11.6 Å². The van der Waals surface area contributed by atoms with Crippen LogP contribution in [0.2, 0.25) is 0 Å². The lowest BCUT2D eigenvalue weighted by Gasteiger charge is -2.28. The highest BCUT2D eigenvalue weighted by Gasteiger charge is 2.30. The Bertz CT molecular complexity index is 1090. The fourth-order valence-corrected chi connectivity index (χ4v) is 3.78. The van der Waals surface area contributed by atoms with Gasteiger partial charge in [-0.15, -0.1) is 0 Å². The normalized spacial score (nSPS) is 16.1. The van der Waals surface area contributed by atoms with E-state index in [0.29, 0.717) is 62.3 Å². The Morgan fingerprint density at radius 2 is 1.77 bits per heavy atom. The summed E-state index contributed by atoms with van der Waals surface area (Å²) in [4.78, 5) is 21.5. The van der Waals surface area contributed by atoms with Gasteiger partial charge in [0.25, 0.3) is 0 Å². The lowest BCUT2D eigenvalue weighted by atomic mass is 10.1. The largest absolute Gasteiger partial charge is 0.378 e. The minimum Gasteiger partial charge on any atom is -0.378 e. The van der Waals surface area contributed by atoms with Crippen LogP contribution in [0, 0.1) is 11.6 Å². The summed E-state index contributed by atoms with van der Waals surface area (Å²) in [6, 6.07) is 3.56. The number of nitrogens with two attached hydrogens (primary N) is 1. The van der Waals surface area contributed by atoms with Crippen molar-refractivity contribution in [2.24, 2.45) is 0 Å². The van der Waals surface area contributed by atoms with Crippen molar-refractivity contribution in [2.75, 3.05) is 48.4 Å². The predicted octanol–water partition coefficient (Wildman–Crippen LogP) is 2.32. The third-order valence-electron chi connectivity index (χ3n) is 5.25. The minimum atomic E-state index is -0.633. The zero-order valence-electron chi connectivity index (χ0n) is 16.1. The summed E-state index contributed by atoms with van der Waals surface area (Å²) in [5.74, 6) is 0.0498. The molecule has 8 nitrogen and oxygen atoms in total. The number of nitrogens with zero attached hydrogens (tertiary/aromatic N) is 6. The third kappa shape index (κ3) is 3.28. The first-order valence-electron chi connectivity index (χ1n) is 9.64. The Morgan fingerprint density at radius 3 is 2.50 bits per heavy atom. The smallest absolute Gasteiger partial charge is 0.228 e. The highest BCUT2D eigenvalue weighted by molar-refractivity contribution is 5.76. The van der Waals surface area contributed by atoms with Crippen LogP contribution in [0.3, 0.4) is 0 Å². The third-order valence-corrected chi connectivity index (χ3v) is 5.25. The van der Waals surface area contributed by atoms with Gasteiger partial charge in [-0.3, -0.25) is 0 Å². The first kappa shape index (κ1) is 18.6. The SMILES string of the molecule is Nc1ncc(-c2nc(N3CCOCC3)nc3c2CCN3c2ccc(F)cc2F)cn1. The number of benzene rings is 1. The molecule has 2 aliphatic heterocycles. The van der Waals surface area contributed by atoms with Crippen LogP contribution >= 0.6 is 0 Å². The van der Waals surface area contributed by atoms with Crippen LogP contribution in [-0.2, 0) is 11.2 Å². The van der Waals surface area contributed by atoms with Gasteiger partial charge >= 0.3 is 0 Å². The molecule has 0 bridgehead atoms. The van der Waals surface area contributed by atoms with Gasteiger partial charge in [0.2, 0.25) is 11.9 Å². The molecule has 0 spiro atoms. The molecule has 3 aromatic rings. The average Bonchev–Trinajstić information content (AvgIpc) is 3.18. The number of rotatable bonds is 3. The van der Waals surface area contributed by atoms with Crippen molar-refractivity contribution in [1.29, 1.82) is 0 Å². The second-order valence-corrected chi connectivity index (χ2v) is 7.10. The molecule has 2 aliphatic rings. The summed E-state index contributed by atoms with van der Waals surface area (Å²) in [5.41, 5.74) is 8.17. The Kier molecular flexibility index (Phi) is 4.62. The molecule has 5 rings (SSSR count). The number of aromatic nitrogens is 4. The number of ether oxygens (including phenoxy) is 1. The van der Waals surface area contributed by atoms with Crippen LogP contribution in [-0.4, -0.2) is 52.8 Å². The number of hydrogen-bond donors (Lipinski definition) is 1. The quantitative estimate of drug-likeness (QED) is 0.702. The van der Waals surface area contributed by atoms with Crippen LogP contribution in [0.5, 0.6) is 0 Å². The minimum absolute atomic E-state index is 0.174. The van der Waals surface area contributed by atoms with Gasteiger partial charge in [0.1, 0.15) is 17.5 Å². The van der Waals surface area contributed by atoms with E-state index in [-0.39, 0.29) is 11.6 Å². The van der Waals surface area contributed by atoms with Gasteiger partial charge in [-0.2, -0.15) is 4.98 Å². The van der Waals surface area contributed by atoms with Gasteiger partial charge in [0, 0.05) is 49.2 Å². The zero-order valence-corrected chi connectivity index (χ0v) is 16.1. The Labute approximate surface area is 171 Å². The maximum atomic E-state index is 14.5. The zero-order chi connectivity index (χ0) is 20.7. The molecule has 2 aromatic heterocycles.